The molecule has 1 aromatic heterocycles. The second-order valence-electron chi connectivity index (χ2n) is 1.56. The van der Waals surface area contributed by atoms with Gasteiger partial charge in [0.15, 0.2) is 5.69 Å². The number of rotatable bonds is 0. The van der Waals surface area contributed by atoms with Crippen LogP contribution in [0.1, 0.15) is 10.6 Å². The van der Waals surface area contributed by atoms with E-state index in [4.69, 9.17) is 0 Å². The molecular weight excluding hydrogens is 192 g/mol. The van der Waals surface area contributed by atoms with Crippen LogP contribution in [0.15, 0.2) is 5.51 Å². The number of thiazole rings is 1. The van der Waals surface area contributed by atoms with Crippen LogP contribution in [0.2, 0.25) is 0 Å². The van der Waals surface area contributed by atoms with Gasteiger partial charge in [-0.3, -0.25) is 0 Å². The van der Waals surface area contributed by atoms with Gasteiger partial charge in [-0.15, -0.1) is 0 Å². The molecule has 3 heteroatoms. The van der Waals surface area contributed by atoms with Crippen molar-refractivity contribution in [1.29, 1.82) is 0 Å². The van der Waals surface area contributed by atoms with Crippen LogP contribution < -0.4 is 63.2 Å². The first-order valence-corrected chi connectivity index (χ1v) is 3.11. The zero-order valence-corrected chi connectivity index (χ0v) is 11.2. The van der Waals surface area contributed by atoms with E-state index in [1.807, 2.05) is 5.51 Å². The molecular formula is C5H8NRbS+2. The number of hydrogen-bond donors (Lipinski definition) is 0. The fourth-order valence-corrected chi connectivity index (χ4v) is 1.04. The van der Waals surface area contributed by atoms with Gasteiger partial charge in [-0.2, -0.15) is 0 Å². The van der Waals surface area contributed by atoms with Gasteiger partial charge in [0.05, 0.1) is 4.88 Å². The smallest absolute Gasteiger partial charge is 0.206 e. The van der Waals surface area contributed by atoms with Crippen LogP contribution in [0.3, 0.4) is 0 Å². The number of nitrogens with one attached hydrogen (secondary N) is 1. The number of H-pyrrole nitrogens is 1. The summed E-state index contributed by atoms with van der Waals surface area (Å²) < 4.78 is 0. The molecule has 38 valence electrons. The molecule has 0 aliphatic heterocycles. The first-order chi connectivity index (χ1) is 3.30. The van der Waals surface area contributed by atoms with Crippen LogP contribution in [0.4, 0.5) is 0 Å². The average molecular weight is 200 g/mol. The van der Waals surface area contributed by atoms with Crippen LogP contribution in [0.5, 0.6) is 0 Å². The summed E-state index contributed by atoms with van der Waals surface area (Å²) in [4.78, 5) is 4.46. The summed E-state index contributed by atoms with van der Waals surface area (Å²) in [5.41, 5.74) is 3.27. The topological polar surface area (TPSA) is 14.1 Å². The third-order valence-corrected chi connectivity index (χ3v) is 1.93. The van der Waals surface area contributed by atoms with Crippen molar-refractivity contribution in [3.05, 3.63) is 16.1 Å². The fourth-order valence-electron chi connectivity index (χ4n) is 0.396. The Bertz CT molecular complexity index is 145. The largest absolute Gasteiger partial charge is 1.00 e. The average Bonchev–Trinajstić information content (AvgIpc) is 1.91. The summed E-state index contributed by atoms with van der Waals surface area (Å²) in [5, 5.41) is 0. The van der Waals surface area contributed by atoms with E-state index in [-0.39, 0.29) is 58.2 Å². The van der Waals surface area contributed by atoms with Crippen molar-refractivity contribution in [1.82, 2.24) is 0 Å². The quantitative estimate of drug-likeness (QED) is 0.468. The van der Waals surface area contributed by atoms with E-state index >= 15 is 0 Å². The maximum atomic E-state index is 3.09. The Kier molecular flexibility index (Phi) is 5.05. The van der Waals surface area contributed by atoms with Gasteiger partial charge in [-0.1, -0.05) is 11.3 Å². The van der Waals surface area contributed by atoms with Gasteiger partial charge in [0.1, 0.15) is 0 Å². The Hall–Kier alpha value is 1.44. The van der Waals surface area contributed by atoms with Gasteiger partial charge in [-0.25, -0.2) is 4.98 Å². The number of aromatic nitrogens is 1. The van der Waals surface area contributed by atoms with Crippen molar-refractivity contribution in [2.75, 3.05) is 0 Å². The Morgan fingerprint density at radius 2 is 2.12 bits per heavy atom. The third-order valence-electron chi connectivity index (χ3n) is 1.04. The molecule has 1 heterocycles. The number of aryl methyl sites for hydroxylation is 2. The van der Waals surface area contributed by atoms with Crippen molar-refractivity contribution < 1.29 is 63.2 Å². The minimum absolute atomic E-state index is 0. The zero-order valence-electron chi connectivity index (χ0n) is 5.49. The van der Waals surface area contributed by atoms with E-state index in [0.29, 0.717) is 0 Å². The summed E-state index contributed by atoms with van der Waals surface area (Å²) >= 11 is 1.75. The molecule has 0 aromatic carbocycles. The van der Waals surface area contributed by atoms with Crippen molar-refractivity contribution >= 4 is 11.3 Å². The van der Waals surface area contributed by atoms with Crippen LogP contribution in [-0.4, -0.2) is 0 Å². The molecule has 0 unspecified atom stereocenters. The van der Waals surface area contributed by atoms with Crippen LogP contribution in [0, 0.1) is 13.8 Å². The number of hydrogen-bond acceptors (Lipinski definition) is 1. The van der Waals surface area contributed by atoms with Gasteiger partial charge < -0.3 is 0 Å². The Balaban J connectivity index is 0.000000490. The zero-order chi connectivity index (χ0) is 5.28. The minimum Gasteiger partial charge on any atom is -0.206 e. The molecule has 0 fully saturated rings. The van der Waals surface area contributed by atoms with Crippen LogP contribution in [-0.2, 0) is 0 Å². The molecule has 0 aliphatic rings. The fraction of sp³-hybridized carbons (Fsp3) is 0.400. The molecule has 1 nitrogen and oxygen atoms in total. The second kappa shape index (κ2) is 4.28. The molecule has 0 spiro atoms. The first-order valence-electron chi connectivity index (χ1n) is 2.23. The molecule has 0 radical (unpaired) electrons. The predicted octanol–water partition coefficient (Wildman–Crippen LogP) is -1.82. The summed E-state index contributed by atoms with van der Waals surface area (Å²) in [7, 11) is 0. The third kappa shape index (κ3) is 2.35. The normalized spacial score (nSPS) is 8.25. The van der Waals surface area contributed by atoms with E-state index in [2.05, 4.69) is 18.8 Å². The van der Waals surface area contributed by atoms with Crippen LogP contribution >= 0.6 is 11.3 Å². The van der Waals surface area contributed by atoms with Gasteiger partial charge in [0.2, 0.25) is 5.51 Å². The molecule has 0 aliphatic carbocycles. The van der Waals surface area contributed by atoms with Crippen molar-refractivity contribution in [3.63, 3.8) is 0 Å². The van der Waals surface area contributed by atoms with Gasteiger partial charge in [0.25, 0.3) is 0 Å². The number of aromatic amines is 1. The van der Waals surface area contributed by atoms with E-state index in [9.17, 15) is 0 Å². The molecule has 1 N–H and O–H groups in total. The minimum atomic E-state index is 0. The molecule has 0 amide bonds. The van der Waals surface area contributed by atoms with Gasteiger partial charge in [-0.05, 0) is 6.92 Å². The summed E-state index contributed by atoms with van der Waals surface area (Å²) in [6.07, 6.45) is 0. The van der Waals surface area contributed by atoms with Gasteiger partial charge >= 0.3 is 58.2 Å². The van der Waals surface area contributed by atoms with Crippen molar-refractivity contribution in [3.8, 4) is 0 Å². The Morgan fingerprint density at radius 1 is 1.50 bits per heavy atom. The molecule has 0 bridgehead atoms. The molecule has 8 heavy (non-hydrogen) atoms. The Morgan fingerprint density at radius 3 is 2.25 bits per heavy atom. The standard InChI is InChI=1S/C5H7NS.Rb/c1-4-5(2)7-3-6-4;/h3H,1-2H3;/q;+1/p+1. The Labute approximate surface area is 102 Å². The predicted molar refractivity (Wildman–Crippen MR) is 30.3 cm³/mol. The first kappa shape index (κ1) is 9.44. The van der Waals surface area contributed by atoms with Crippen LogP contribution in [0.25, 0.3) is 0 Å². The van der Waals surface area contributed by atoms with E-state index in [1.165, 1.54) is 10.6 Å². The molecule has 1 rings (SSSR count). The molecule has 0 saturated carbocycles. The van der Waals surface area contributed by atoms with Crippen molar-refractivity contribution in [2.45, 2.75) is 13.8 Å². The van der Waals surface area contributed by atoms with Gasteiger partial charge in [0, 0.05) is 6.92 Å². The van der Waals surface area contributed by atoms with E-state index in [0.717, 1.165) is 0 Å². The van der Waals surface area contributed by atoms with E-state index in [1.54, 1.807) is 11.3 Å². The maximum Gasteiger partial charge on any atom is 1.00 e. The molecule has 1 aromatic rings. The summed E-state index contributed by atoms with van der Waals surface area (Å²) in [6.45, 7) is 4.18. The SMILES string of the molecule is Cc1[nH+]csc1C.[Rb+]. The summed E-state index contributed by atoms with van der Waals surface area (Å²) in [6, 6.07) is 0. The molecule has 0 saturated heterocycles. The van der Waals surface area contributed by atoms with Crippen molar-refractivity contribution in [2.24, 2.45) is 0 Å². The second-order valence-corrected chi connectivity index (χ2v) is 2.65. The van der Waals surface area contributed by atoms with E-state index < -0.39 is 0 Å². The summed E-state index contributed by atoms with van der Waals surface area (Å²) in [5.74, 6) is 0. The monoisotopic (exact) mass is 199 g/mol. The maximum absolute atomic E-state index is 3.09. The molecule has 0 atom stereocenters.